The molecule has 0 aromatic heterocycles. The van der Waals surface area contributed by atoms with E-state index in [2.05, 4.69) is 35.0 Å². The SMILES string of the molecule is CCOC(=O)CCc1ccc(Br)cc1CC. The van der Waals surface area contributed by atoms with Crippen LogP contribution in [-0.4, -0.2) is 12.6 Å². The minimum atomic E-state index is -0.118. The Morgan fingerprint density at radius 2 is 2.06 bits per heavy atom. The summed E-state index contributed by atoms with van der Waals surface area (Å²) in [6.07, 6.45) is 2.20. The topological polar surface area (TPSA) is 26.3 Å². The Morgan fingerprint density at radius 1 is 1.31 bits per heavy atom. The van der Waals surface area contributed by atoms with Gasteiger partial charge in [-0.25, -0.2) is 0 Å². The van der Waals surface area contributed by atoms with E-state index in [9.17, 15) is 4.79 Å². The molecule has 0 aliphatic heterocycles. The van der Waals surface area contributed by atoms with Crippen molar-refractivity contribution in [2.75, 3.05) is 6.61 Å². The third-order valence-corrected chi connectivity index (χ3v) is 2.95. The van der Waals surface area contributed by atoms with Gasteiger partial charge in [-0.3, -0.25) is 4.79 Å². The molecule has 2 nitrogen and oxygen atoms in total. The molecular weight excluding hydrogens is 268 g/mol. The molecule has 0 amide bonds. The summed E-state index contributed by atoms with van der Waals surface area (Å²) in [4.78, 5) is 11.3. The normalized spacial score (nSPS) is 10.2. The number of benzene rings is 1. The van der Waals surface area contributed by atoms with Crippen molar-refractivity contribution in [1.29, 1.82) is 0 Å². The number of carbonyl (C=O) groups excluding carboxylic acids is 1. The zero-order valence-corrected chi connectivity index (χ0v) is 11.3. The van der Waals surface area contributed by atoms with Crippen LogP contribution in [-0.2, 0) is 22.4 Å². The fourth-order valence-electron chi connectivity index (χ4n) is 1.64. The predicted octanol–water partition coefficient (Wildman–Crippen LogP) is 3.51. The second-order valence-electron chi connectivity index (χ2n) is 3.57. The first-order valence-electron chi connectivity index (χ1n) is 5.60. The van der Waals surface area contributed by atoms with Crippen LogP contribution in [0.1, 0.15) is 31.4 Å². The highest BCUT2D eigenvalue weighted by atomic mass is 79.9. The lowest BCUT2D eigenvalue weighted by molar-refractivity contribution is -0.143. The van der Waals surface area contributed by atoms with Crippen LogP contribution < -0.4 is 0 Å². The number of aryl methyl sites for hydroxylation is 2. The highest BCUT2D eigenvalue weighted by Crippen LogP contribution is 2.18. The maximum absolute atomic E-state index is 11.3. The lowest BCUT2D eigenvalue weighted by atomic mass is 10.0. The zero-order valence-electron chi connectivity index (χ0n) is 9.75. The highest BCUT2D eigenvalue weighted by molar-refractivity contribution is 9.10. The van der Waals surface area contributed by atoms with Crippen LogP contribution in [0.3, 0.4) is 0 Å². The third-order valence-electron chi connectivity index (χ3n) is 2.45. The molecule has 0 aliphatic rings. The maximum atomic E-state index is 11.3. The molecule has 0 bridgehead atoms. The van der Waals surface area contributed by atoms with Crippen LogP contribution in [0.4, 0.5) is 0 Å². The second-order valence-corrected chi connectivity index (χ2v) is 4.49. The minimum absolute atomic E-state index is 0.118. The summed E-state index contributed by atoms with van der Waals surface area (Å²) in [6.45, 7) is 4.41. The molecule has 0 N–H and O–H groups in total. The first kappa shape index (κ1) is 13.2. The predicted molar refractivity (Wildman–Crippen MR) is 68.5 cm³/mol. The summed E-state index contributed by atoms with van der Waals surface area (Å²) in [5.41, 5.74) is 2.53. The molecule has 0 atom stereocenters. The van der Waals surface area contributed by atoms with Gasteiger partial charge in [0.2, 0.25) is 0 Å². The van der Waals surface area contributed by atoms with E-state index >= 15 is 0 Å². The molecule has 0 radical (unpaired) electrons. The monoisotopic (exact) mass is 284 g/mol. The number of hydrogen-bond acceptors (Lipinski definition) is 2. The lowest BCUT2D eigenvalue weighted by Gasteiger charge is -2.08. The van der Waals surface area contributed by atoms with Crippen molar-refractivity contribution in [2.45, 2.75) is 33.1 Å². The van der Waals surface area contributed by atoms with E-state index in [-0.39, 0.29) is 5.97 Å². The lowest BCUT2D eigenvalue weighted by Crippen LogP contribution is -2.06. The zero-order chi connectivity index (χ0) is 12.0. The number of esters is 1. The Hall–Kier alpha value is -0.830. The summed E-state index contributed by atoms with van der Waals surface area (Å²) in [6, 6.07) is 6.20. The van der Waals surface area contributed by atoms with Crippen LogP contribution >= 0.6 is 15.9 Å². The largest absolute Gasteiger partial charge is 0.466 e. The van der Waals surface area contributed by atoms with Gasteiger partial charge in [-0.05, 0) is 43.0 Å². The molecular formula is C13H17BrO2. The molecule has 1 aromatic carbocycles. The molecule has 0 aliphatic carbocycles. The van der Waals surface area contributed by atoms with Crippen molar-refractivity contribution in [3.8, 4) is 0 Å². The molecule has 0 heterocycles. The van der Waals surface area contributed by atoms with Crippen molar-refractivity contribution < 1.29 is 9.53 Å². The molecule has 1 aromatic rings. The molecule has 1 rings (SSSR count). The van der Waals surface area contributed by atoms with E-state index in [4.69, 9.17) is 4.74 Å². The molecule has 88 valence electrons. The first-order valence-corrected chi connectivity index (χ1v) is 6.39. The van der Waals surface area contributed by atoms with E-state index in [1.165, 1.54) is 11.1 Å². The van der Waals surface area contributed by atoms with Crippen molar-refractivity contribution in [3.63, 3.8) is 0 Å². The van der Waals surface area contributed by atoms with Gasteiger partial charge in [-0.2, -0.15) is 0 Å². The molecule has 3 heteroatoms. The van der Waals surface area contributed by atoms with Gasteiger partial charge < -0.3 is 4.74 Å². The molecule has 0 saturated heterocycles. The maximum Gasteiger partial charge on any atom is 0.306 e. The van der Waals surface area contributed by atoms with Crippen LogP contribution in [0.5, 0.6) is 0 Å². The quantitative estimate of drug-likeness (QED) is 0.774. The average molecular weight is 285 g/mol. The van der Waals surface area contributed by atoms with Crippen molar-refractivity contribution >= 4 is 21.9 Å². The smallest absolute Gasteiger partial charge is 0.306 e. The van der Waals surface area contributed by atoms with Gasteiger partial charge in [-0.1, -0.05) is 28.9 Å². The Bertz CT molecular complexity index is 361. The van der Waals surface area contributed by atoms with Crippen molar-refractivity contribution in [1.82, 2.24) is 0 Å². The summed E-state index contributed by atoms with van der Waals surface area (Å²) in [7, 11) is 0. The Morgan fingerprint density at radius 3 is 2.69 bits per heavy atom. The minimum Gasteiger partial charge on any atom is -0.466 e. The summed E-state index contributed by atoms with van der Waals surface area (Å²) < 4.78 is 6.00. The average Bonchev–Trinajstić information content (AvgIpc) is 2.27. The molecule has 0 fully saturated rings. The number of ether oxygens (including phenoxy) is 1. The summed E-state index contributed by atoms with van der Waals surface area (Å²) in [5, 5.41) is 0. The van der Waals surface area contributed by atoms with Gasteiger partial charge in [0.05, 0.1) is 6.61 Å². The number of hydrogen-bond donors (Lipinski definition) is 0. The van der Waals surface area contributed by atoms with Gasteiger partial charge in [0.15, 0.2) is 0 Å². The Kier molecular flexibility index (Phi) is 5.53. The molecule has 0 unspecified atom stereocenters. The fraction of sp³-hybridized carbons (Fsp3) is 0.462. The molecule has 0 spiro atoms. The van der Waals surface area contributed by atoms with Crippen LogP contribution in [0.15, 0.2) is 22.7 Å². The van der Waals surface area contributed by atoms with E-state index in [1.807, 2.05) is 13.0 Å². The molecule has 0 saturated carbocycles. The van der Waals surface area contributed by atoms with E-state index in [1.54, 1.807) is 0 Å². The Labute approximate surface area is 105 Å². The first-order chi connectivity index (χ1) is 7.67. The summed E-state index contributed by atoms with van der Waals surface area (Å²) in [5.74, 6) is -0.118. The van der Waals surface area contributed by atoms with Gasteiger partial charge in [-0.15, -0.1) is 0 Å². The standard InChI is InChI=1S/C13H17BrO2/c1-3-10-9-12(14)7-5-11(10)6-8-13(15)16-4-2/h5,7,9H,3-4,6,8H2,1-2H3. The van der Waals surface area contributed by atoms with Gasteiger partial charge >= 0.3 is 5.97 Å². The third kappa shape index (κ3) is 3.97. The molecule has 16 heavy (non-hydrogen) atoms. The van der Waals surface area contributed by atoms with Crippen LogP contribution in [0, 0.1) is 0 Å². The van der Waals surface area contributed by atoms with Crippen molar-refractivity contribution in [3.05, 3.63) is 33.8 Å². The second kappa shape index (κ2) is 6.69. The highest BCUT2D eigenvalue weighted by Gasteiger charge is 2.06. The van der Waals surface area contributed by atoms with Crippen LogP contribution in [0.2, 0.25) is 0 Å². The number of carbonyl (C=O) groups is 1. The van der Waals surface area contributed by atoms with Gasteiger partial charge in [0, 0.05) is 10.9 Å². The van der Waals surface area contributed by atoms with Crippen LogP contribution in [0.25, 0.3) is 0 Å². The van der Waals surface area contributed by atoms with Crippen molar-refractivity contribution in [2.24, 2.45) is 0 Å². The van der Waals surface area contributed by atoms with Gasteiger partial charge in [0.25, 0.3) is 0 Å². The number of halogens is 1. The van der Waals surface area contributed by atoms with Gasteiger partial charge in [0.1, 0.15) is 0 Å². The van der Waals surface area contributed by atoms with E-state index < -0.39 is 0 Å². The van der Waals surface area contributed by atoms with E-state index in [0.717, 1.165) is 17.3 Å². The summed E-state index contributed by atoms with van der Waals surface area (Å²) >= 11 is 3.45. The Balaban J connectivity index is 2.63. The number of rotatable bonds is 5. The van der Waals surface area contributed by atoms with E-state index in [0.29, 0.717) is 13.0 Å². The fourth-order valence-corrected chi connectivity index (χ4v) is 2.05.